The van der Waals surface area contributed by atoms with Gasteiger partial charge in [0.15, 0.2) is 0 Å². The molecule has 1 amide bonds. The van der Waals surface area contributed by atoms with Crippen molar-refractivity contribution in [3.63, 3.8) is 0 Å². The van der Waals surface area contributed by atoms with Crippen LogP contribution in [-0.2, 0) is 0 Å². The van der Waals surface area contributed by atoms with Crippen molar-refractivity contribution in [1.82, 2.24) is 10.3 Å². The van der Waals surface area contributed by atoms with Crippen LogP contribution in [0, 0.1) is 0 Å². The lowest BCUT2D eigenvalue weighted by molar-refractivity contribution is -1.01. The number of hydrogen-bond donors (Lipinski definition) is 1. The summed E-state index contributed by atoms with van der Waals surface area (Å²) in [6.07, 6.45) is 16.2. The smallest absolute Gasteiger partial charge is 0.251 e. The van der Waals surface area contributed by atoms with Gasteiger partial charge in [-0.15, -0.1) is 0 Å². The van der Waals surface area contributed by atoms with E-state index in [1.165, 1.54) is 77.2 Å². The third-order valence-corrected chi connectivity index (χ3v) is 6.35. The largest absolute Gasteiger partial charge is 0.352 e. The number of quaternary nitrogens is 1. The van der Waals surface area contributed by atoms with Crippen LogP contribution < -0.4 is 5.32 Å². The molecule has 1 atom stereocenters. The fourth-order valence-electron chi connectivity index (χ4n) is 3.94. The van der Waals surface area contributed by atoms with Crippen LogP contribution in [0.2, 0.25) is 0 Å². The van der Waals surface area contributed by atoms with Crippen LogP contribution in [-0.4, -0.2) is 56.3 Å². The van der Waals surface area contributed by atoms with Crippen LogP contribution in [0.1, 0.15) is 94.3 Å². The number of nitrogens with zero attached hydrogens (tertiary/aromatic N) is 2. The maximum absolute atomic E-state index is 12.2. The predicted octanol–water partition coefficient (Wildman–Crippen LogP) is 6.04. The molecule has 1 rings (SSSR count). The van der Waals surface area contributed by atoms with Crippen molar-refractivity contribution in [3.05, 3.63) is 35.9 Å². The van der Waals surface area contributed by atoms with Gasteiger partial charge in [-0.2, -0.15) is 5.01 Å². The number of amides is 1. The first-order chi connectivity index (χ1) is 14.5. The van der Waals surface area contributed by atoms with Crippen LogP contribution in [0.25, 0.3) is 0 Å². The number of carbonyl (C=O) groups excluding carboxylic acids is 1. The molecule has 0 spiro atoms. The van der Waals surface area contributed by atoms with E-state index in [-0.39, 0.29) is 5.91 Å². The summed E-state index contributed by atoms with van der Waals surface area (Å²) in [5, 5.41) is 5.37. The van der Waals surface area contributed by atoms with Gasteiger partial charge in [0, 0.05) is 32.6 Å². The van der Waals surface area contributed by atoms with Crippen molar-refractivity contribution >= 4 is 5.91 Å². The maximum atomic E-state index is 12.2. The molecule has 0 aromatic heterocycles. The summed E-state index contributed by atoms with van der Waals surface area (Å²) in [4.78, 5) is 12.2. The number of benzene rings is 1. The van der Waals surface area contributed by atoms with Crippen molar-refractivity contribution in [2.24, 2.45) is 0 Å². The van der Waals surface area contributed by atoms with Crippen molar-refractivity contribution in [2.75, 3.05) is 40.8 Å². The highest BCUT2D eigenvalue weighted by atomic mass is 16.1. The molecule has 0 radical (unpaired) electrons. The fourth-order valence-corrected chi connectivity index (χ4v) is 3.94. The number of hydrogen-bond acceptors (Lipinski definition) is 2. The summed E-state index contributed by atoms with van der Waals surface area (Å²) in [6.45, 7) is 5.24. The molecule has 1 aromatic rings. The minimum Gasteiger partial charge on any atom is -0.352 e. The Balaban J connectivity index is 2.13. The lowest BCUT2D eigenvalue weighted by atomic mass is 10.1. The molecule has 4 heteroatoms. The van der Waals surface area contributed by atoms with Gasteiger partial charge in [-0.25, -0.2) is 4.59 Å². The molecule has 172 valence electrons. The van der Waals surface area contributed by atoms with E-state index in [9.17, 15) is 4.79 Å². The molecule has 0 bridgehead atoms. The Kier molecular flexibility index (Phi) is 14.5. The van der Waals surface area contributed by atoms with Gasteiger partial charge in [0.1, 0.15) is 0 Å². The normalized spacial score (nSPS) is 13.4. The Bertz CT molecular complexity index is 546. The van der Waals surface area contributed by atoms with Gasteiger partial charge in [-0.05, 0) is 25.0 Å². The number of rotatable bonds is 18. The molecule has 0 fully saturated rings. The second-order valence-corrected chi connectivity index (χ2v) is 9.14. The first kappa shape index (κ1) is 26.6. The molecule has 1 aromatic carbocycles. The lowest BCUT2D eigenvalue weighted by Crippen LogP contribution is -2.55. The Labute approximate surface area is 186 Å². The van der Waals surface area contributed by atoms with Gasteiger partial charge in [0.05, 0.1) is 20.1 Å². The fraction of sp³-hybridized carbons (Fsp3) is 0.731. The van der Waals surface area contributed by atoms with Gasteiger partial charge >= 0.3 is 0 Å². The second-order valence-electron chi connectivity index (χ2n) is 9.14. The molecular formula is C26H48N3O+. The van der Waals surface area contributed by atoms with E-state index < -0.39 is 0 Å². The Morgan fingerprint density at radius 2 is 1.30 bits per heavy atom. The van der Waals surface area contributed by atoms with Crippen LogP contribution in [0.5, 0.6) is 0 Å². The van der Waals surface area contributed by atoms with Crippen LogP contribution in [0.3, 0.4) is 0 Å². The van der Waals surface area contributed by atoms with E-state index in [2.05, 4.69) is 38.4 Å². The Morgan fingerprint density at radius 3 is 1.83 bits per heavy atom. The van der Waals surface area contributed by atoms with Crippen molar-refractivity contribution in [2.45, 2.75) is 84.0 Å². The summed E-state index contributed by atoms with van der Waals surface area (Å²) in [6, 6.07) is 9.47. The minimum atomic E-state index is 0.0278. The van der Waals surface area contributed by atoms with E-state index in [0.29, 0.717) is 0 Å². The number of nitrogens with one attached hydrogen (secondary N) is 1. The molecule has 0 saturated heterocycles. The molecule has 0 saturated carbocycles. The summed E-state index contributed by atoms with van der Waals surface area (Å²) in [5.74, 6) is 0.0278. The van der Waals surface area contributed by atoms with E-state index >= 15 is 0 Å². The lowest BCUT2D eigenvalue weighted by Gasteiger charge is -2.39. The molecular weight excluding hydrogens is 370 g/mol. The van der Waals surface area contributed by atoms with Crippen molar-refractivity contribution in [1.29, 1.82) is 0 Å². The minimum absolute atomic E-state index is 0.0278. The number of carbonyl (C=O) groups is 1. The quantitative estimate of drug-likeness (QED) is 0.179. The van der Waals surface area contributed by atoms with E-state index in [0.717, 1.165) is 29.7 Å². The molecule has 1 unspecified atom stereocenters. The Morgan fingerprint density at radius 1 is 0.800 bits per heavy atom. The molecule has 1 N–H and O–H groups in total. The molecule has 0 aliphatic rings. The topological polar surface area (TPSA) is 32.3 Å². The first-order valence-corrected chi connectivity index (χ1v) is 12.3. The van der Waals surface area contributed by atoms with Crippen molar-refractivity contribution < 1.29 is 9.39 Å². The molecule has 0 aliphatic carbocycles. The average molecular weight is 419 g/mol. The summed E-state index contributed by atoms with van der Waals surface area (Å²) in [5.41, 5.74) is 0.739. The zero-order valence-corrected chi connectivity index (χ0v) is 20.3. The average Bonchev–Trinajstić information content (AvgIpc) is 2.75. The number of unbranched alkanes of at least 4 members (excludes halogenated alkanes) is 10. The standard InChI is InChI=1S/C26H47N3O/c1-5-6-7-8-9-10-11-12-13-14-18-23-29(4,28(2)3)24-19-22-27-26(30)25-20-16-15-17-21-25/h15-17,20-21H,5-14,18-19,22-24H2,1-4H3/p+1. The third-order valence-electron chi connectivity index (χ3n) is 6.35. The maximum Gasteiger partial charge on any atom is 0.251 e. The van der Waals surface area contributed by atoms with Gasteiger partial charge in [-0.1, -0.05) is 82.9 Å². The van der Waals surface area contributed by atoms with Crippen LogP contribution in [0.4, 0.5) is 0 Å². The van der Waals surface area contributed by atoms with Gasteiger partial charge in [0.25, 0.3) is 5.91 Å². The predicted molar refractivity (Wildman–Crippen MR) is 129 cm³/mol. The van der Waals surface area contributed by atoms with Crippen LogP contribution in [0.15, 0.2) is 30.3 Å². The third kappa shape index (κ3) is 11.7. The SMILES string of the molecule is CCCCCCCCCCCCC[N+](C)(CCCNC(=O)c1ccccc1)N(C)C. The zero-order valence-electron chi connectivity index (χ0n) is 20.3. The molecule has 4 nitrogen and oxygen atoms in total. The Hall–Kier alpha value is -1.39. The van der Waals surface area contributed by atoms with E-state index in [4.69, 9.17) is 0 Å². The van der Waals surface area contributed by atoms with Gasteiger partial charge in [0.2, 0.25) is 0 Å². The van der Waals surface area contributed by atoms with Crippen molar-refractivity contribution in [3.8, 4) is 0 Å². The summed E-state index contributed by atoms with van der Waals surface area (Å²) >= 11 is 0. The van der Waals surface area contributed by atoms with E-state index in [1.807, 2.05) is 30.3 Å². The van der Waals surface area contributed by atoms with Crippen LogP contribution >= 0.6 is 0 Å². The summed E-state index contributed by atoms with van der Waals surface area (Å²) in [7, 11) is 6.65. The van der Waals surface area contributed by atoms with E-state index in [1.54, 1.807) is 0 Å². The summed E-state index contributed by atoms with van der Waals surface area (Å²) < 4.78 is 0.943. The highest BCUT2D eigenvalue weighted by molar-refractivity contribution is 5.94. The highest BCUT2D eigenvalue weighted by Crippen LogP contribution is 2.14. The van der Waals surface area contributed by atoms with Gasteiger partial charge < -0.3 is 5.32 Å². The highest BCUT2D eigenvalue weighted by Gasteiger charge is 2.24. The monoisotopic (exact) mass is 418 g/mol. The first-order valence-electron chi connectivity index (χ1n) is 12.3. The second kappa shape index (κ2) is 16.3. The molecule has 0 aliphatic heterocycles. The molecule has 30 heavy (non-hydrogen) atoms. The zero-order chi connectivity index (χ0) is 22.1. The van der Waals surface area contributed by atoms with Gasteiger partial charge in [-0.3, -0.25) is 4.79 Å². The molecule has 0 heterocycles.